The fraction of sp³-hybridized carbons (Fsp3) is 0.661. The van der Waals surface area contributed by atoms with Gasteiger partial charge in [-0.3, -0.25) is 4.21 Å². The van der Waals surface area contributed by atoms with E-state index < -0.39 is 35.8 Å². The zero-order chi connectivity index (χ0) is 53.8. The van der Waals surface area contributed by atoms with E-state index in [4.69, 9.17) is 24.0 Å². The van der Waals surface area contributed by atoms with E-state index in [2.05, 4.69) is 126 Å². The van der Waals surface area contributed by atoms with Crippen LogP contribution in [0.1, 0.15) is 210 Å². The lowest BCUT2D eigenvalue weighted by Crippen LogP contribution is -3.00. The maximum absolute atomic E-state index is 10.9. The first kappa shape index (κ1) is 87.2. The van der Waals surface area contributed by atoms with Gasteiger partial charge in [0.05, 0.1) is 49.3 Å². The van der Waals surface area contributed by atoms with Crippen LogP contribution in [0.15, 0.2) is 73.9 Å². The SMILES string of the molecule is C.C.C.C.C/C=C/c1cc(CCCCCCCCC)ccc1C.C=C(C)C(=O)OCC(C)OOP(=C)(O)O.C=C(C)CCOCCOCC(C)OOS(=C)(=O)[O-].C=Cn1cc[n+](CCCCCCCCCCCC)c1.[Br-]. The number of halogens is 1. The van der Waals surface area contributed by atoms with Gasteiger partial charge in [0.1, 0.15) is 31.2 Å². The van der Waals surface area contributed by atoms with Crippen LogP contribution in [0.2, 0.25) is 0 Å². The fourth-order valence-corrected chi connectivity index (χ4v) is 6.82. The lowest BCUT2D eigenvalue weighted by atomic mass is 10.00. The highest BCUT2D eigenvalue weighted by atomic mass is 79.9. The molecule has 1 heterocycles. The van der Waals surface area contributed by atoms with E-state index in [0.717, 1.165) is 18.5 Å². The van der Waals surface area contributed by atoms with Gasteiger partial charge >= 0.3 is 5.97 Å². The van der Waals surface area contributed by atoms with Crippen molar-refractivity contribution < 1.29 is 77.9 Å². The van der Waals surface area contributed by atoms with Crippen LogP contribution in [-0.4, -0.2) is 86.5 Å². The summed E-state index contributed by atoms with van der Waals surface area (Å²) in [5, 5.41) is 0. The number of hydrogen-bond donors (Lipinski definition) is 2. The Morgan fingerprint density at radius 2 is 1.33 bits per heavy atom. The fourth-order valence-electron chi connectivity index (χ4n) is 6.28. The summed E-state index contributed by atoms with van der Waals surface area (Å²) >= 11 is 0. The van der Waals surface area contributed by atoms with Crippen molar-refractivity contribution in [3.8, 4) is 0 Å². The summed E-state index contributed by atoms with van der Waals surface area (Å²) in [5.74, 6) is 2.20. The van der Waals surface area contributed by atoms with Crippen molar-refractivity contribution in [2.24, 2.45) is 0 Å². The molecule has 0 aliphatic heterocycles. The van der Waals surface area contributed by atoms with Crippen molar-refractivity contribution in [1.29, 1.82) is 0 Å². The van der Waals surface area contributed by atoms with E-state index >= 15 is 0 Å². The van der Waals surface area contributed by atoms with Crippen LogP contribution in [0.25, 0.3) is 12.3 Å². The largest absolute Gasteiger partial charge is 1.00 e. The van der Waals surface area contributed by atoms with Gasteiger partial charge in [0, 0.05) is 5.57 Å². The minimum atomic E-state index is -3.83. The quantitative estimate of drug-likeness (QED) is 0.00752. The van der Waals surface area contributed by atoms with Gasteiger partial charge in [-0.15, -0.1) is 6.58 Å². The van der Waals surface area contributed by atoms with Crippen molar-refractivity contribution in [2.75, 3.05) is 33.0 Å². The molecular weight excluding hydrogens is 1070 g/mol. The average Bonchev–Trinajstić information content (AvgIpc) is 3.78. The van der Waals surface area contributed by atoms with Gasteiger partial charge in [-0.1, -0.05) is 183 Å². The maximum Gasteiger partial charge on any atom is 0.333 e. The third-order valence-electron chi connectivity index (χ3n) is 10.3. The maximum atomic E-state index is 10.9. The number of carbonyl (C=O) groups excluding carboxylic acids is 1. The molecule has 0 saturated heterocycles. The third-order valence-corrected chi connectivity index (χ3v) is 10.9. The molecule has 2 N–H and O–H groups in total. The van der Waals surface area contributed by atoms with E-state index in [1.165, 1.54) is 146 Å². The number of hydrogen-bond acceptors (Lipinski definition) is 12. The summed E-state index contributed by atoms with van der Waals surface area (Å²) in [4.78, 5) is 37.4. The second kappa shape index (κ2) is 57.0. The lowest BCUT2D eigenvalue weighted by Gasteiger charge is -2.16. The molecule has 2 rings (SSSR count). The topological polar surface area (TPSA) is 171 Å². The summed E-state index contributed by atoms with van der Waals surface area (Å²) < 4.78 is 48.7. The van der Waals surface area contributed by atoms with Gasteiger partial charge in [-0.2, -0.15) is 9.01 Å². The predicted molar refractivity (Wildman–Crippen MR) is 322 cm³/mol. The first-order valence-corrected chi connectivity index (χ1v) is 29.1. The smallest absolute Gasteiger partial charge is 0.333 e. The molecule has 0 fully saturated rings. The van der Waals surface area contributed by atoms with Gasteiger partial charge in [-0.25, -0.2) is 23.7 Å². The first-order valence-electron chi connectivity index (χ1n) is 25.7. The minimum Gasteiger partial charge on any atom is -1.00 e. The number of aromatic nitrogens is 2. The molecule has 1 aromatic carbocycles. The van der Waals surface area contributed by atoms with E-state index in [-0.39, 0.29) is 65.5 Å². The van der Waals surface area contributed by atoms with Gasteiger partial charge in [0.2, 0.25) is 6.33 Å². The van der Waals surface area contributed by atoms with Crippen LogP contribution in [0.5, 0.6) is 0 Å². The van der Waals surface area contributed by atoms with Gasteiger partial charge in [0.25, 0.3) is 7.57 Å². The number of allylic oxidation sites excluding steroid dienone is 1. The highest BCUT2D eigenvalue weighted by molar-refractivity contribution is 7.90. The molecule has 450 valence electrons. The Bertz CT molecular complexity index is 1870. The van der Waals surface area contributed by atoms with Crippen LogP contribution in [0.4, 0.5) is 0 Å². The Morgan fingerprint density at radius 1 is 0.816 bits per heavy atom. The number of imidazole rings is 1. The molecule has 2 aromatic rings. The summed E-state index contributed by atoms with van der Waals surface area (Å²) in [5.41, 5.74) is 5.59. The highest BCUT2D eigenvalue weighted by Crippen LogP contribution is 2.35. The van der Waals surface area contributed by atoms with Crippen molar-refractivity contribution in [3.63, 3.8) is 0 Å². The molecule has 0 aliphatic carbocycles. The molecule has 0 spiro atoms. The Morgan fingerprint density at radius 3 is 1.80 bits per heavy atom. The molecule has 0 saturated carbocycles. The number of carbonyl (C=O) groups is 1. The predicted octanol–water partition coefficient (Wildman–Crippen LogP) is 12.4. The van der Waals surface area contributed by atoms with Crippen molar-refractivity contribution in [3.05, 3.63) is 90.6 Å². The number of ether oxygens (including phenoxy) is 3. The second-order valence-corrected chi connectivity index (χ2v) is 20.7. The molecule has 0 aliphatic rings. The monoisotopic (exact) mass is 1180 g/mol. The molecule has 0 amide bonds. The van der Waals surface area contributed by atoms with Crippen LogP contribution in [0, 0.1) is 6.92 Å². The Hall–Kier alpha value is -2.70. The molecule has 0 radical (unpaired) electrons. The van der Waals surface area contributed by atoms with E-state index in [9.17, 15) is 13.6 Å². The summed E-state index contributed by atoms with van der Waals surface area (Å²) in [6.45, 7) is 29.1. The van der Waals surface area contributed by atoms with Crippen molar-refractivity contribution in [2.45, 2.75) is 226 Å². The van der Waals surface area contributed by atoms with E-state index in [0.29, 0.717) is 19.8 Å². The Kier molecular flexibility index (Phi) is 65.4. The molecule has 3 atom stereocenters. The number of aryl methyl sites for hydroxylation is 3. The van der Waals surface area contributed by atoms with Gasteiger partial charge < -0.3 is 45.5 Å². The first-order chi connectivity index (χ1) is 33.7. The zero-order valence-electron chi connectivity index (χ0n) is 45.7. The van der Waals surface area contributed by atoms with Gasteiger partial charge in [0.15, 0.2) is 0 Å². The molecule has 1 aromatic heterocycles. The van der Waals surface area contributed by atoms with Crippen LogP contribution in [-0.2, 0) is 60.8 Å². The number of rotatable bonds is 38. The van der Waals surface area contributed by atoms with Gasteiger partial charge in [-0.05, 0) is 103 Å². The standard InChI is InChI=1S/C19H30.C17H31N2.C11H22O6S.C8H15O6P.4CH4.BrH/c1-4-6-7-8-9-10-11-13-18-15-14-17(3)19(16-18)12-5-2;1-3-5-6-7-8-9-10-11-12-13-14-19-16-15-18(4-2)17-19;1-10(2)5-6-14-7-8-15-9-11(3)16-17-18(4,12)13;1-6(2)8(9)12-5-7(3)13-14-15(4,10)11;;;;;/h5,12,14-16H,4,6-11,13H2,1-3H3;4,15-17H,2-3,5-14H2,1H3;11H,1,4-9H2,2-3H3,(H,12,13);7,10-11H,1,4-5H2,2-3H3;4*1H4;1H/q;+1;;;;;;;/p-2/b12-5+;;;;;;;;. The summed E-state index contributed by atoms with van der Waals surface area (Å²) in [7, 11) is -7.50. The van der Waals surface area contributed by atoms with Crippen LogP contribution < -0.4 is 21.5 Å². The minimum absolute atomic E-state index is 0. The van der Waals surface area contributed by atoms with Crippen molar-refractivity contribution >= 4 is 48.1 Å². The molecule has 0 bridgehead atoms. The molecule has 3 unspecified atom stereocenters. The molecule has 76 heavy (non-hydrogen) atoms. The summed E-state index contributed by atoms with van der Waals surface area (Å²) in [6.07, 6.45) is 40.0. The van der Waals surface area contributed by atoms with E-state index in [1.807, 2.05) is 23.9 Å². The second-order valence-electron chi connectivity index (χ2n) is 18.0. The number of nitrogens with zero attached hydrogens (tertiary/aromatic N) is 2. The zero-order valence-corrected chi connectivity index (χ0v) is 49.0. The number of benzene rings is 1. The number of unbranched alkanes of at least 4 members (excludes halogenated alkanes) is 15. The van der Waals surface area contributed by atoms with Crippen molar-refractivity contribution in [1.82, 2.24) is 4.57 Å². The molecular formula is C59H113BrN2O12PS-. The summed E-state index contributed by atoms with van der Waals surface area (Å²) in [6, 6.07) is 6.90. The highest BCUT2D eigenvalue weighted by Gasteiger charge is 2.13. The Balaban J connectivity index is -0.000000164. The van der Waals surface area contributed by atoms with Crippen LogP contribution >= 0.6 is 7.57 Å². The number of esters is 1. The normalized spacial score (nSPS) is 12.0. The lowest BCUT2D eigenvalue weighted by molar-refractivity contribution is -0.696. The molecule has 14 nitrogen and oxygen atoms in total. The molecule has 17 heteroatoms. The van der Waals surface area contributed by atoms with E-state index in [1.54, 1.807) is 6.92 Å². The van der Waals surface area contributed by atoms with Crippen LogP contribution in [0.3, 0.4) is 0 Å². The average molecular weight is 1190 g/mol. The third kappa shape index (κ3) is 60.5. The Labute approximate surface area is 477 Å².